The lowest BCUT2D eigenvalue weighted by molar-refractivity contribution is -0.133. The van der Waals surface area contributed by atoms with Crippen molar-refractivity contribution in [2.24, 2.45) is 5.92 Å². The molecule has 0 amide bonds. The van der Waals surface area contributed by atoms with Gasteiger partial charge in [-0.2, -0.15) is 5.10 Å². The van der Waals surface area contributed by atoms with E-state index in [4.69, 9.17) is 5.11 Å². The normalized spacial score (nSPS) is 11.5. The third-order valence-electron chi connectivity index (χ3n) is 3.00. The van der Waals surface area contributed by atoms with Crippen LogP contribution in [0.3, 0.4) is 0 Å². The molecule has 0 aliphatic rings. The smallest absolute Gasteiger partial charge is 0.313 e. The highest BCUT2D eigenvalue weighted by Gasteiger charge is 2.16. The fourth-order valence-electron chi connectivity index (χ4n) is 2.08. The fourth-order valence-corrected chi connectivity index (χ4v) is 2.90. The number of carbonyl (C=O) groups is 1. The molecule has 108 valence electrons. The van der Waals surface area contributed by atoms with Gasteiger partial charge >= 0.3 is 5.97 Å². The summed E-state index contributed by atoms with van der Waals surface area (Å²) in [5.41, 5.74) is 1.06. The van der Waals surface area contributed by atoms with Gasteiger partial charge in [-0.15, -0.1) is 0 Å². The highest BCUT2D eigenvalue weighted by atomic mass is 32.2. The number of carboxylic acids is 1. The minimum absolute atomic E-state index is 0.0902. The maximum Gasteiger partial charge on any atom is 0.313 e. The zero-order chi connectivity index (χ0) is 14.4. The Morgan fingerprint density at radius 3 is 2.53 bits per heavy atom. The SMILES string of the molecule is CCC(CC)n1nc(CC(C)C)cc1SCC(=O)O. The van der Waals surface area contributed by atoms with Gasteiger partial charge in [0.2, 0.25) is 0 Å². The van der Waals surface area contributed by atoms with Crippen LogP contribution in [0.4, 0.5) is 0 Å². The van der Waals surface area contributed by atoms with Crippen LogP contribution in [0.25, 0.3) is 0 Å². The quantitative estimate of drug-likeness (QED) is 0.741. The minimum atomic E-state index is -0.785. The van der Waals surface area contributed by atoms with E-state index >= 15 is 0 Å². The van der Waals surface area contributed by atoms with Crippen molar-refractivity contribution in [1.82, 2.24) is 9.78 Å². The summed E-state index contributed by atoms with van der Waals surface area (Å²) in [6.45, 7) is 8.62. The third kappa shape index (κ3) is 4.90. The van der Waals surface area contributed by atoms with Gasteiger partial charge in [-0.1, -0.05) is 39.5 Å². The second-order valence-corrected chi connectivity index (χ2v) is 6.16. The van der Waals surface area contributed by atoms with Crippen molar-refractivity contribution in [2.45, 2.75) is 58.0 Å². The first-order chi connectivity index (χ1) is 8.97. The predicted octanol–water partition coefficient (Wildman–Crippen LogP) is 3.62. The lowest BCUT2D eigenvalue weighted by Gasteiger charge is -2.16. The number of aromatic nitrogens is 2. The Hall–Kier alpha value is -0.970. The summed E-state index contributed by atoms with van der Waals surface area (Å²) >= 11 is 1.36. The van der Waals surface area contributed by atoms with Gasteiger partial charge in [0.15, 0.2) is 0 Å². The number of nitrogens with zero attached hydrogens (tertiary/aromatic N) is 2. The number of thioether (sulfide) groups is 1. The van der Waals surface area contributed by atoms with Crippen LogP contribution < -0.4 is 0 Å². The summed E-state index contributed by atoms with van der Waals surface area (Å²) in [7, 11) is 0. The van der Waals surface area contributed by atoms with Crippen molar-refractivity contribution in [3.05, 3.63) is 11.8 Å². The van der Waals surface area contributed by atoms with E-state index < -0.39 is 5.97 Å². The van der Waals surface area contributed by atoms with Gasteiger partial charge < -0.3 is 5.11 Å². The molecule has 4 nitrogen and oxygen atoms in total. The van der Waals surface area contributed by atoms with Crippen LogP contribution in [-0.2, 0) is 11.2 Å². The van der Waals surface area contributed by atoms with Crippen molar-refractivity contribution < 1.29 is 9.90 Å². The molecular weight excluding hydrogens is 260 g/mol. The Labute approximate surface area is 119 Å². The Balaban J connectivity index is 2.95. The van der Waals surface area contributed by atoms with Crippen molar-refractivity contribution in [1.29, 1.82) is 0 Å². The highest BCUT2D eigenvalue weighted by Crippen LogP contribution is 2.27. The molecular formula is C14H24N2O2S. The van der Waals surface area contributed by atoms with Gasteiger partial charge in [0.25, 0.3) is 0 Å². The van der Waals surface area contributed by atoms with E-state index in [0.717, 1.165) is 30.0 Å². The summed E-state index contributed by atoms with van der Waals surface area (Å²) in [6.07, 6.45) is 2.97. The summed E-state index contributed by atoms with van der Waals surface area (Å²) < 4.78 is 2.02. The molecule has 1 aromatic rings. The summed E-state index contributed by atoms with van der Waals surface area (Å²) in [5, 5.41) is 14.5. The van der Waals surface area contributed by atoms with Gasteiger partial charge in [-0.3, -0.25) is 9.48 Å². The van der Waals surface area contributed by atoms with Gasteiger partial charge in [0.1, 0.15) is 0 Å². The lowest BCUT2D eigenvalue weighted by Crippen LogP contribution is -2.11. The second-order valence-electron chi connectivity index (χ2n) is 5.17. The largest absolute Gasteiger partial charge is 0.481 e. The summed E-state index contributed by atoms with van der Waals surface area (Å²) in [4.78, 5) is 10.7. The molecule has 0 aliphatic heterocycles. The number of carboxylic acid groups (broad SMARTS) is 1. The molecule has 0 aromatic carbocycles. The van der Waals surface area contributed by atoms with E-state index in [9.17, 15) is 4.79 Å². The topological polar surface area (TPSA) is 55.1 Å². The standard InChI is InChI=1S/C14H24N2O2S/c1-5-12(6-2)16-13(19-9-14(17)18)8-11(15-16)7-10(3)4/h8,10,12H,5-7,9H2,1-4H3,(H,17,18). The van der Waals surface area contributed by atoms with Crippen molar-refractivity contribution in [3.8, 4) is 0 Å². The van der Waals surface area contributed by atoms with Gasteiger partial charge in [-0.25, -0.2) is 0 Å². The lowest BCUT2D eigenvalue weighted by atomic mass is 10.1. The average Bonchev–Trinajstić information content (AvgIpc) is 2.70. The van der Waals surface area contributed by atoms with E-state index in [0.29, 0.717) is 12.0 Å². The molecule has 0 fully saturated rings. The van der Waals surface area contributed by atoms with Crippen LogP contribution in [0.2, 0.25) is 0 Å². The highest BCUT2D eigenvalue weighted by molar-refractivity contribution is 7.99. The molecule has 19 heavy (non-hydrogen) atoms. The van der Waals surface area contributed by atoms with Crippen LogP contribution in [0.15, 0.2) is 11.1 Å². The number of aliphatic carboxylic acids is 1. The van der Waals surface area contributed by atoms with E-state index in [-0.39, 0.29) is 5.75 Å². The van der Waals surface area contributed by atoms with Crippen molar-refractivity contribution in [2.75, 3.05) is 5.75 Å². The molecule has 1 heterocycles. The van der Waals surface area contributed by atoms with Crippen LogP contribution >= 0.6 is 11.8 Å². The number of rotatable bonds is 8. The van der Waals surface area contributed by atoms with Crippen LogP contribution in [0.1, 0.15) is 52.3 Å². The first kappa shape index (κ1) is 16.1. The van der Waals surface area contributed by atoms with E-state index in [1.54, 1.807) is 0 Å². The molecule has 1 rings (SSSR count). The van der Waals surface area contributed by atoms with E-state index in [1.807, 2.05) is 10.7 Å². The Kier molecular flexibility index (Phi) is 6.42. The molecule has 1 aromatic heterocycles. The monoisotopic (exact) mass is 284 g/mol. The predicted molar refractivity (Wildman–Crippen MR) is 78.7 cm³/mol. The number of hydrogen-bond donors (Lipinski definition) is 1. The Bertz CT molecular complexity index is 412. The van der Waals surface area contributed by atoms with Crippen molar-refractivity contribution in [3.63, 3.8) is 0 Å². The van der Waals surface area contributed by atoms with Gasteiger partial charge in [-0.05, 0) is 31.2 Å². The Morgan fingerprint density at radius 2 is 2.05 bits per heavy atom. The molecule has 0 bridgehead atoms. The maximum absolute atomic E-state index is 10.7. The summed E-state index contributed by atoms with van der Waals surface area (Å²) in [6, 6.07) is 2.41. The molecule has 0 radical (unpaired) electrons. The zero-order valence-electron chi connectivity index (χ0n) is 12.2. The molecule has 0 spiro atoms. The molecule has 0 aliphatic carbocycles. The van der Waals surface area contributed by atoms with Crippen LogP contribution in [0, 0.1) is 5.92 Å². The van der Waals surface area contributed by atoms with Crippen LogP contribution in [-0.4, -0.2) is 26.6 Å². The van der Waals surface area contributed by atoms with Crippen LogP contribution in [0.5, 0.6) is 0 Å². The summed E-state index contributed by atoms with van der Waals surface area (Å²) in [5.74, 6) is -0.137. The second kappa shape index (κ2) is 7.58. The molecule has 5 heteroatoms. The van der Waals surface area contributed by atoms with E-state index in [2.05, 4.69) is 32.8 Å². The van der Waals surface area contributed by atoms with E-state index in [1.165, 1.54) is 11.8 Å². The third-order valence-corrected chi connectivity index (χ3v) is 3.99. The molecule has 0 atom stereocenters. The fraction of sp³-hybridized carbons (Fsp3) is 0.714. The Morgan fingerprint density at radius 1 is 1.42 bits per heavy atom. The number of hydrogen-bond acceptors (Lipinski definition) is 3. The molecule has 0 saturated carbocycles. The molecule has 0 saturated heterocycles. The van der Waals surface area contributed by atoms with Gasteiger partial charge in [0, 0.05) is 0 Å². The zero-order valence-corrected chi connectivity index (χ0v) is 13.0. The van der Waals surface area contributed by atoms with Crippen molar-refractivity contribution >= 4 is 17.7 Å². The molecule has 0 unspecified atom stereocenters. The maximum atomic E-state index is 10.7. The first-order valence-electron chi connectivity index (χ1n) is 6.90. The molecule has 1 N–H and O–H groups in total. The average molecular weight is 284 g/mol. The van der Waals surface area contributed by atoms with Gasteiger partial charge in [0.05, 0.1) is 22.5 Å². The first-order valence-corrected chi connectivity index (χ1v) is 7.89. The minimum Gasteiger partial charge on any atom is -0.481 e.